The fraction of sp³-hybridized carbons (Fsp3) is 0.292. The summed E-state index contributed by atoms with van der Waals surface area (Å²) in [6.45, 7) is 0.528. The molecule has 0 saturated carbocycles. The van der Waals surface area contributed by atoms with E-state index in [0.717, 1.165) is 18.4 Å². The predicted octanol–water partition coefficient (Wildman–Crippen LogP) is 5.76. The molecule has 1 N–H and O–H groups in total. The Morgan fingerprint density at radius 2 is 1.88 bits per heavy atom. The van der Waals surface area contributed by atoms with Gasteiger partial charge >= 0.3 is 0 Å². The molecule has 0 atom stereocenters. The van der Waals surface area contributed by atoms with Crippen molar-refractivity contribution in [2.45, 2.75) is 25.7 Å². The fourth-order valence-corrected chi connectivity index (χ4v) is 4.79. The van der Waals surface area contributed by atoms with Crippen molar-refractivity contribution in [2.75, 3.05) is 26.1 Å². The lowest BCUT2D eigenvalue weighted by molar-refractivity contribution is -0.122. The SMILES string of the molecule is COc1ccc(/C=C2\SC(=S)N(CCCCCC(=O)Nc3ccccc3Cl)C2=O)cc1OC. The first-order valence-electron chi connectivity index (χ1n) is 10.4. The maximum atomic E-state index is 12.8. The van der Waals surface area contributed by atoms with Crippen LogP contribution in [0.4, 0.5) is 5.69 Å². The lowest BCUT2D eigenvalue weighted by Crippen LogP contribution is -2.29. The summed E-state index contributed by atoms with van der Waals surface area (Å²) in [5, 5.41) is 3.33. The molecule has 9 heteroatoms. The number of benzene rings is 2. The largest absolute Gasteiger partial charge is 0.493 e. The average molecular weight is 505 g/mol. The highest BCUT2D eigenvalue weighted by atomic mass is 35.5. The minimum atomic E-state index is -0.101. The molecular weight excluding hydrogens is 480 g/mol. The van der Waals surface area contributed by atoms with Crippen LogP contribution in [0.15, 0.2) is 47.4 Å². The molecule has 1 saturated heterocycles. The maximum Gasteiger partial charge on any atom is 0.266 e. The number of carbonyl (C=O) groups is 2. The number of carbonyl (C=O) groups excluding carboxylic acids is 2. The van der Waals surface area contributed by atoms with E-state index in [1.165, 1.54) is 11.8 Å². The van der Waals surface area contributed by atoms with Gasteiger partial charge in [0.25, 0.3) is 5.91 Å². The third-order valence-electron chi connectivity index (χ3n) is 5.01. The topological polar surface area (TPSA) is 67.9 Å². The molecule has 1 aliphatic rings. The van der Waals surface area contributed by atoms with Gasteiger partial charge in [-0.2, -0.15) is 0 Å². The average Bonchev–Trinajstić information content (AvgIpc) is 3.07. The summed E-state index contributed by atoms with van der Waals surface area (Å²) in [5.41, 5.74) is 1.45. The van der Waals surface area contributed by atoms with E-state index in [4.69, 9.17) is 33.3 Å². The first-order valence-corrected chi connectivity index (χ1v) is 12.0. The number of amides is 2. The summed E-state index contributed by atoms with van der Waals surface area (Å²) >= 11 is 12.8. The number of unbranched alkanes of at least 4 members (excludes halogenated alkanes) is 2. The number of halogens is 1. The summed E-state index contributed by atoms with van der Waals surface area (Å²) in [6, 6.07) is 12.6. The van der Waals surface area contributed by atoms with E-state index in [9.17, 15) is 9.59 Å². The second-order valence-corrected chi connectivity index (χ2v) is 9.37. The molecule has 1 aliphatic heterocycles. The van der Waals surface area contributed by atoms with Crippen LogP contribution in [0.1, 0.15) is 31.2 Å². The van der Waals surface area contributed by atoms with Crippen LogP contribution >= 0.6 is 35.6 Å². The molecule has 6 nitrogen and oxygen atoms in total. The summed E-state index contributed by atoms with van der Waals surface area (Å²) in [4.78, 5) is 27.1. The van der Waals surface area contributed by atoms with Gasteiger partial charge in [-0.05, 0) is 48.7 Å². The van der Waals surface area contributed by atoms with E-state index in [1.807, 2.05) is 24.3 Å². The molecule has 2 aromatic carbocycles. The van der Waals surface area contributed by atoms with Gasteiger partial charge in [-0.25, -0.2) is 0 Å². The molecule has 2 amide bonds. The Kier molecular flexibility index (Phi) is 9.17. The quantitative estimate of drug-likeness (QED) is 0.252. The third kappa shape index (κ3) is 6.72. The van der Waals surface area contributed by atoms with Crippen molar-refractivity contribution in [3.63, 3.8) is 0 Å². The van der Waals surface area contributed by atoms with Crippen molar-refractivity contribution in [3.8, 4) is 11.5 Å². The number of anilines is 1. The van der Waals surface area contributed by atoms with Crippen molar-refractivity contribution in [2.24, 2.45) is 0 Å². The Bertz CT molecular complexity index is 1070. The summed E-state index contributed by atoms with van der Waals surface area (Å²) in [6.07, 6.45) is 4.48. The number of rotatable bonds is 10. The van der Waals surface area contributed by atoms with Gasteiger partial charge in [-0.1, -0.05) is 60.2 Å². The molecule has 33 heavy (non-hydrogen) atoms. The van der Waals surface area contributed by atoms with Gasteiger partial charge in [0.2, 0.25) is 5.91 Å². The van der Waals surface area contributed by atoms with E-state index < -0.39 is 0 Å². The summed E-state index contributed by atoms with van der Waals surface area (Å²) < 4.78 is 11.1. The molecule has 0 spiro atoms. The summed E-state index contributed by atoms with van der Waals surface area (Å²) in [5.74, 6) is 1.05. The number of thiocarbonyl (C=S) groups is 1. The molecule has 3 rings (SSSR count). The first kappa shape index (κ1) is 25.1. The van der Waals surface area contributed by atoms with Crippen molar-refractivity contribution in [1.82, 2.24) is 4.90 Å². The van der Waals surface area contributed by atoms with E-state index in [-0.39, 0.29) is 11.8 Å². The third-order valence-corrected chi connectivity index (χ3v) is 6.72. The van der Waals surface area contributed by atoms with Gasteiger partial charge in [-0.15, -0.1) is 0 Å². The van der Waals surface area contributed by atoms with Gasteiger partial charge in [0.15, 0.2) is 11.5 Å². The minimum absolute atomic E-state index is 0.0773. The van der Waals surface area contributed by atoms with Crippen LogP contribution < -0.4 is 14.8 Å². The van der Waals surface area contributed by atoms with Gasteiger partial charge in [0.05, 0.1) is 29.8 Å². The Labute approximate surface area is 208 Å². The smallest absolute Gasteiger partial charge is 0.266 e. The number of nitrogens with zero attached hydrogens (tertiary/aromatic N) is 1. The van der Waals surface area contributed by atoms with Crippen LogP contribution in [0, 0.1) is 0 Å². The molecule has 1 fully saturated rings. The van der Waals surface area contributed by atoms with Gasteiger partial charge in [0, 0.05) is 13.0 Å². The zero-order valence-corrected chi connectivity index (χ0v) is 20.8. The lowest BCUT2D eigenvalue weighted by atomic mass is 10.1. The molecule has 0 bridgehead atoms. The number of nitrogens with one attached hydrogen (secondary N) is 1. The molecule has 1 heterocycles. The molecule has 0 radical (unpaired) electrons. The standard InChI is InChI=1S/C24H25ClN2O4S2/c1-30-19-12-11-16(14-20(19)31-2)15-21-23(29)27(24(32)33-21)13-7-3-4-10-22(28)26-18-9-6-5-8-17(18)25/h5-6,8-9,11-12,14-15H,3-4,7,10,13H2,1-2H3,(H,26,28)/b21-15-. The summed E-state index contributed by atoms with van der Waals surface area (Å²) in [7, 11) is 3.15. The zero-order valence-electron chi connectivity index (χ0n) is 18.4. The Morgan fingerprint density at radius 1 is 1.12 bits per heavy atom. The van der Waals surface area contributed by atoms with Crippen LogP contribution in [-0.2, 0) is 9.59 Å². The zero-order chi connectivity index (χ0) is 23.8. The van der Waals surface area contributed by atoms with Gasteiger partial charge in [0.1, 0.15) is 4.32 Å². The second-order valence-electron chi connectivity index (χ2n) is 7.29. The number of hydrogen-bond donors (Lipinski definition) is 1. The van der Waals surface area contributed by atoms with Crippen LogP contribution in [-0.4, -0.2) is 41.8 Å². The van der Waals surface area contributed by atoms with Crippen LogP contribution in [0.25, 0.3) is 6.08 Å². The Morgan fingerprint density at radius 3 is 2.61 bits per heavy atom. The molecule has 0 unspecified atom stereocenters. The second kappa shape index (κ2) is 12.1. The van der Waals surface area contributed by atoms with Crippen LogP contribution in [0.3, 0.4) is 0 Å². The van der Waals surface area contributed by atoms with Crippen molar-refractivity contribution in [1.29, 1.82) is 0 Å². The Hall–Kier alpha value is -2.55. The lowest BCUT2D eigenvalue weighted by Gasteiger charge is -2.14. The van der Waals surface area contributed by atoms with Crippen molar-refractivity contribution in [3.05, 3.63) is 58.0 Å². The van der Waals surface area contributed by atoms with E-state index in [1.54, 1.807) is 43.4 Å². The first-order chi connectivity index (χ1) is 15.9. The molecular formula is C24H25ClN2O4S2. The predicted molar refractivity (Wildman–Crippen MR) is 138 cm³/mol. The molecule has 174 valence electrons. The highest BCUT2D eigenvalue weighted by molar-refractivity contribution is 8.26. The number of methoxy groups -OCH3 is 2. The monoisotopic (exact) mass is 504 g/mol. The fourth-order valence-electron chi connectivity index (χ4n) is 3.29. The highest BCUT2D eigenvalue weighted by Gasteiger charge is 2.31. The molecule has 0 aliphatic carbocycles. The highest BCUT2D eigenvalue weighted by Crippen LogP contribution is 2.34. The van der Waals surface area contributed by atoms with Gasteiger partial charge in [-0.3, -0.25) is 14.5 Å². The Balaban J connectivity index is 1.47. The van der Waals surface area contributed by atoms with E-state index in [2.05, 4.69) is 5.32 Å². The van der Waals surface area contributed by atoms with E-state index in [0.29, 0.717) is 50.8 Å². The molecule has 0 aromatic heterocycles. The normalized spacial score (nSPS) is 14.6. The van der Waals surface area contributed by atoms with Crippen molar-refractivity contribution < 1.29 is 19.1 Å². The van der Waals surface area contributed by atoms with Gasteiger partial charge < -0.3 is 14.8 Å². The van der Waals surface area contributed by atoms with Crippen molar-refractivity contribution >= 4 is 63.5 Å². The number of hydrogen-bond acceptors (Lipinski definition) is 6. The van der Waals surface area contributed by atoms with Crippen LogP contribution in [0.2, 0.25) is 5.02 Å². The molecule has 2 aromatic rings. The number of para-hydroxylation sites is 1. The number of thioether (sulfide) groups is 1. The minimum Gasteiger partial charge on any atom is -0.493 e. The van der Waals surface area contributed by atoms with Crippen LogP contribution in [0.5, 0.6) is 11.5 Å². The van der Waals surface area contributed by atoms with E-state index >= 15 is 0 Å². The number of ether oxygens (including phenoxy) is 2. The maximum absolute atomic E-state index is 12.8.